The van der Waals surface area contributed by atoms with Gasteiger partial charge in [-0.2, -0.15) is 4.98 Å². The first-order chi connectivity index (χ1) is 9.67. The predicted octanol–water partition coefficient (Wildman–Crippen LogP) is 2.63. The van der Waals surface area contributed by atoms with Crippen LogP contribution >= 0.6 is 24.0 Å². The van der Waals surface area contributed by atoms with Crippen LogP contribution in [-0.2, 0) is 6.54 Å². The van der Waals surface area contributed by atoms with E-state index in [1.54, 1.807) is 0 Å². The van der Waals surface area contributed by atoms with Crippen LogP contribution in [0.1, 0.15) is 51.2 Å². The number of rotatable bonds is 4. The maximum absolute atomic E-state index is 5.07. The fourth-order valence-electron chi connectivity index (χ4n) is 2.47. The van der Waals surface area contributed by atoms with Gasteiger partial charge in [-0.25, -0.2) is 4.99 Å². The van der Waals surface area contributed by atoms with Gasteiger partial charge in [-0.05, 0) is 45.4 Å². The first-order valence-electron chi connectivity index (χ1n) is 7.51. The number of aromatic nitrogens is 2. The van der Waals surface area contributed by atoms with Gasteiger partial charge in [0.05, 0.1) is 0 Å². The summed E-state index contributed by atoms with van der Waals surface area (Å²) < 4.78 is 5.07. The Hall–Kier alpha value is -0.860. The van der Waals surface area contributed by atoms with Crippen molar-refractivity contribution in [3.8, 4) is 0 Å². The number of nitrogens with one attached hydrogen (secondary N) is 2. The fourth-order valence-corrected chi connectivity index (χ4v) is 2.47. The van der Waals surface area contributed by atoms with E-state index in [2.05, 4.69) is 39.6 Å². The molecule has 21 heavy (non-hydrogen) atoms. The van der Waals surface area contributed by atoms with E-state index >= 15 is 0 Å². The van der Waals surface area contributed by atoms with Gasteiger partial charge in [0.15, 0.2) is 11.8 Å². The van der Waals surface area contributed by atoms with Crippen LogP contribution < -0.4 is 10.6 Å². The Morgan fingerprint density at radius 1 is 1.33 bits per heavy atom. The number of guanidine groups is 1. The van der Waals surface area contributed by atoms with Crippen molar-refractivity contribution in [1.82, 2.24) is 20.8 Å². The zero-order chi connectivity index (χ0) is 14.4. The van der Waals surface area contributed by atoms with Crippen LogP contribution in [0, 0.1) is 12.8 Å². The predicted molar refractivity (Wildman–Crippen MR) is 93.8 cm³/mol. The monoisotopic (exact) mass is 407 g/mol. The number of halogens is 1. The van der Waals surface area contributed by atoms with Crippen molar-refractivity contribution in [3.63, 3.8) is 0 Å². The Bertz CT molecular complexity index is 440. The van der Waals surface area contributed by atoms with Crippen molar-refractivity contribution in [1.29, 1.82) is 0 Å². The van der Waals surface area contributed by atoms with Gasteiger partial charge >= 0.3 is 0 Å². The van der Waals surface area contributed by atoms with Gasteiger partial charge in [0, 0.05) is 12.6 Å². The summed E-state index contributed by atoms with van der Waals surface area (Å²) in [6.07, 6.45) is 5.01. The molecule has 2 rings (SSSR count). The summed E-state index contributed by atoms with van der Waals surface area (Å²) in [5.74, 6) is 2.89. The summed E-state index contributed by atoms with van der Waals surface area (Å²) in [5.41, 5.74) is 0. The van der Waals surface area contributed by atoms with Crippen molar-refractivity contribution < 1.29 is 4.52 Å². The summed E-state index contributed by atoms with van der Waals surface area (Å²) in [7, 11) is 0. The lowest BCUT2D eigenvalue weighted by molar-refractivity contribution is 0.329. The van der Waals surface area contributed by atoms with Crippen LogP contribution in [0.25, 0.3) is 0 Å². The Kier molecular flexibility index (Phi) is 7.98. The number of aryl methyl sites for hydroxylation is 1. The van der Waals surface area contributed by atoms with E-state index in [4.69, 9.17) is 4.52 Å². The quantitative estimate of drug-likeness (QED) is 0.456. The molecule has 120 valence electrons. The zero-order valence-electron chi connectivity index (χ0n) is 13.1. The van der Waals surface area contributed by atoms with E-state index < -0.39 is 0 Å². The van der Waals surface area contributed by atoms with Crippen molar-refractivity contribution in [3.05, 3.63) is 11.7 Å². The Morgan fingerprint density at radius 3 is 2.62 bits per heavy atom. The highest BCUT2D eigenvalue weighted by Gasteiger charge is 2.18. The first-order valence-corrected chi connectivity index (χ1v) is 7.51. The number of aliphatic imine (C=N–C) groups is 1. The molecule has 7 heteroatoms. The lowest BCUT2D eigenvalue weighted by atomic mass is 9.87. The van der Waals surface area contributed by atoms with Crippen LogP contribution in [0.5, 0.6) is 0 Å². The molecule has 0 radical (unpaired) electrons. The Balaban J connectivity index is 0.00000220. The standard InChI is InChI=1S/C14H25N5O.HI/c1-4-15-14(16-9-13-17-11(3)19-20-13)18-12-7-5-10(2)6-8-12;/h10,12H,4-9H2,1-3H3,(H2,15,16,18);1H. The van der Waals surface area contributed by atoms with Gasteiger partial charge in [-0.3, -0.25) is 0 Å². The highest BCUT2D eigenvalue weighted by molar-refractivity contribution is 14.0. The molecule has 0 aliphatic heterocycles. The highest BCUT2D eigenvalue weighted by Crippen LogP contribution is 2.23. The average molecular weight is 407 g/mol. The molecule has 0 aromatic carbocycles. The van der Waals surface area contributed by atoms with Crippen LogP contribution in [0.15, 0.2) is 9.52 Å². The molecule has 0 atom stereocenters. The van der Waals surface area contributed by atoms with E-state index in [-0.39, 0.29) is 24.0 Å². The van der Waals surface area contributed by atoms with E-state index in [0.29, 0.717) is 24.3 Å². The lowest BCUT2D eigenvalue weighted by Crippen LogP contribution is -2.44. The van der Waals surface area contributed by atoms with Gasteiger partial charge in [0.1, 0.15) is 6.54 Å². The third kappa shape index (κ3) is 6.19. The number of hydrogen-bond donors (Lipinski definition) is 2. The molecule has 0 amide bonds. The second-order valence-electron chi connectivity index (χ2n) is 5.53. The number of nitrogens with zero attached hydrogens (tertiary/aromatic N) is 3. The second kappa shape index (κ2) is 9.22. The second-order valence-corrected chi connectivity index (χ2v) is 5.53. The SMILES string of the molecule is CCNC(=NCc1nc(C)no1)NC1CCC(C)CC1.I. The summed E-state index contributed by atoms with van der Waals surface area (Å²) in [6, 6.07) is 0.522. The minimum absolute atomic E-state index is 0. The molecule has 1 saturated carbocycles. The topological polar surface area (TPSA) is 75.3 Å². The largest absolute Gasteiger partial charge is 0.357 e. The summed E-state index contributed by atoms with van der Waals surface area (Å²) in [5, 5.41) is 10.5. The Labute approximate surface area is 143 Å². The molecule has 1 aromatic rings. The van der Waals surface area contributed by atoms with Crippen molar-refractivity contribution >= 4 is 29.9 Å². The van der Waals surface area contributed by atoms with Crippen LogP contribution in [0.3, 0.4) is 0 Å². The highest BCUT2D eigenvalue weighted by atomic mass is 127. The van der Waals surface area contributed by atoms with E-state index in [0.717, 1.165) is 18.4 Å². The van der Waals surface area contributed by atoms with Crippen molar-refractivity contribution in [2.45, 2.75) is 59.0 Å². The molecule has 1 heterocycles. The molecular weight excluding hydrogens is 381 g/mol. The van der Waals surface area contributed by atoms with Crippen LogP contribution in [0.4, 0.5) is 0 Å². The molecule has 0 saturated heterocycles. The molecule has 1 fully saturated rings. The minimum atomic E-state index is 0. The molecule has 6 nitrogen and oxygen atoms in total. The maximum atomic E-state index is 5.07. The first kappa shape index (κ1) is 18.2. The number of hydrogen-bond acceptors (Lipinski definition) is 4. The normalized spacial score (nSPS) is 22.5. The lowest BCUT2D eigenvalue weighted by Gasteiger charge is -2.28. The summed E-state index contributed by atoms with van der Waals surface area (Å²) in [6.45, 7) is 7.46. The Morgan fingerprint density at radius 2 is 2.05 bits per heavy atom. The van der Waals surface area contributed by atoms with Crippen LogP contribution in [0.2, 0.25) is 0 Å². The zero-order valence-corrected chi connectivity index (χ0v) is 15.4. The van der Waals surface area contributed by atoms with Gasteiger partial charge in [0.2, 0.25) is 5.89 Å². The van der Waals surface area contributed by atoms with Crippen LogP contribution in [-0.4, -0.2) is 28.7 Å². The summed E-state index contributed by atoms with van der Waals surface area (Å²) >= 11 is 0. The molecule has 1 aliphatic carbocycles. The molecule has 1 aromatic heterocycles. The maximum Gasteiger partial charge on any atom is 0.248 e. The van der Waals surface area contributed by atoms with Gasteiger partial charge in [0.25, 0.3) is 0 Å². The summed E-state index contributed by atoms with van der Waals surface area (Å²) in [4.78, 5) is 8.67. The van der Waals surface area contributed by atoms with E-state index in [1.165, 1.54) is 25.7 Å². The molecular formula is C14H26IN5O. The van der Waals surface area contributed by atoms with Crippen molar-refractivity contribution in [2.75, 3.05) is 6.54 Å². The van der Waals surface area contributed by atoms with Gasteiger partial charge in [-0.1, -0.05) is 12.1 Å². The smallest absolute Gasteiger partial charge is 0.248 e. The molecule has 0 unspecified atom stereocenters. The van der Waals surface area contributed by atoms with E-state index in [1.807, 2.05) is 6.92 Å². The van der Waals surface area contributed by atoms with Crippen molar-refractivity contribution in [2.24, 2.45) is 10.9 Å². The third-order valence-corrected chi connectivity index (χ3v) is 3.64. The molecule has 0 spiro atoms. The third-order valence-electron chi connectivity index (χ3n) is 3.64. The fraction of sp³-hybridized carbons (Fsp3) is 0.786. The molecule has 0 bridgehead atoms. The average Bonchev–Trinajstić information content (AvgIpc) is 2.85. The van der Waals surface area contributed by atoms with Gasteiger partial charge in [-0.15, -0.1) is 24.0 Å². The molecule has 2 N–H and O–H groups in total. The molecule has 1 aliphatic rings. The van der Waals surface area contributed by atoms with E-state index in [9.17, 15) is 0 Å². The van der Waals surface area contributed by atoms with Gasteiger partial charge < -0.3 is 15.2 Å². The minimum Gasteiger partial charge on any atom is -0.357 e.